The lowest BCUT2D eigenvalue weighted by Crippen LogP contribution is -2.13. The van der Waals surface area contributed by atoms with E-state index in [1.807, 2.05) is 37.4 Å². The number of carbonyl (C=O) groups is 2. The first kappa shape index (κ1) is 18.2. The van der Waals surface area contributed by atoms with Crippen LogP contribution in [0.1, 0.15) is 18.5 Å². The maximum absolute atomic E-state index is 9.10. The van der Waals surface area contributed by atoms with Gasteiger partial charge >= 0.3 is 11.9 Å². The lowest BCUT2D eigenvalue weighted by molar-refractivity contribution is -0.159. The van der Waals surface area contributed by atoms with Gasteiger partial charge in [-0.1, -0.05) is 41.6 Å². The zero-order valence-electron chi connectivity index (χ0n) is 13.8. The molecule has 0 bridgehead atoms. The van der Waals surface area contributed by atoms with Gasteiger partial charge in [-0.3, -0.25) is 0 Å². The molecule has 0 radical (unpaired) electrons. The second-order valence-electron chi connectivity index (χ2n) is 5.24. The number of para-hydroxylation sites is 1. The molecule has 0 saturated heterocycles. The van der Waals surface area contributed by atoms with E-state index < -0.39 is 11.9 Å². The van der Waals surface area contributed by atoms with Crippen molar-refractivity contribution in [2.75, 3.05) is 7.05 Å². The first-order valence-electron chi connectivity index (χ1n) is 7.53. The average Bonchev–Trinajstić information content (AvgIpc) is 3.05. The summed E-state index contributed by atoms with van der Waals surface area (Å²) >= 11 is 0. The van der Waals surface area contributed by atoms with Crippen molar-refractivity contribution in [1.29, 1.82) is 0 Å². The summed E-state index contributed by atoms with van der Waals surface area (Å²) in [5.74, 6) is -3.65. The van der Waals surface area contributed by atoms with E-state index in [0.717, 1.165) is 22.2 Å². The van der Waals surface area contributed by atoms with Gasteiger partial charge in [-0.15, -0.1) is 0 Å². The van der Waals surface area contributed by atoms with Crippen molar-refractivity contribution in [2.24, 2.45) is 0 Å². The maximum atomic E-state index is 9.10. The highest BCUT2D eigenvalue weighted by Crippen LogP contribution is 2.32. The Kier molecular flexibility index (Phi) is 5.86. The van der Waals surface area contributed by atoms with Crippen LogP contribution in [0, 0.1) is 0 Å². The second kappa shape index (κ2) is 8.07. The highest BCUT2D eigenvalue weighted by Gasteiger charge is 2.15. The number of fused-ring (bicyclic) bond motifs is 1. The van der Waals surface area contributed by atoms with Crippen molar-refractivity contribution < 1.29 is 24.3 Å². The van der Waals surface area contributed by atoms with Crippen molar-refractivity contribution in [3.63, 3.8) is 0 Å². The van der Waals surface area contributed by atoms with Gasteiger partial charge in [0.25, 0.3) is 0 Å². The molecule has 3 aromatic rings. The molecule has 7 heteroatoms. The minimum atomic E-state index is -1.82. The SMILES string of the molecule is CNC(C)c1ccccc1-c1noc2ccccc12.O=C(O)C(=O)O. The molecular formula is C18H18N2O5. The number of hydrogen-bond donors (Lipinski definition) is 3. The van der Waals surface area contributed by atoms with Crippen molar-refractivity contribution in [3.8, 4) is 11.3 Å². The molecule has 0 spiro atoms. The normalized spacial score (nSPS) is 11.4. The number of carboxylic acid groups (broad SMARTS) is 2. The highest BCUT2D eigenvalue weighted by molar-refractivity contribution is 6.27. The summed E-state index contributed by atoms with van der Waals surface area (Å²) in [7, 11) is 1.96. The van der Waals surface area contributed by atoms with Crippen molar-refractivity contribution >= 4 is 22.9 Å². The third-order valence-corrected chi connectivity index (χ3v) is 3.68. The number of nitrogens with zero attached hydrogens (tertiary/aromatic N) is 1. The van der Waals surface area contributed by atoms with Gasteiger partial charge in [0.15, 0.2) is 5.58 Å². The monoisotopic (exact) mass is 342 g/mol. The number of nitrogens with one attached hydrogen (secondary N) is 1. The molecule has 1 unspecified atom stereocenters. The standard InChI is InChI=1S/C16H16N2O.C2H2O4/c1-11(17-2)12-7-3-4-8-13(12)16-14-9-5-6-10-15(14)19-18-16;3-1(4)2(5)6/h3-11,17H,1-2H3;(H,3,4)(H,5,6). The van der Waals surface area contributed by atoms with E-state index in [0.29, 0.717) is 0 Å². The molecule has 25 heavy (non-hydrogen) atoms. The summed E-state index contributed by atoms with van der Waals surface area (Å²) in [6.45, 7) is 2.14. The van der Waals surface area contributed by atoms with E-state index in [9.17, 15) is 0 Å². The van der Waals surface area contributed by atoms with Crippen LogP contribution in [0.3, 0.4) is 0 Å². The fraction of sp³-hybridized carbons (Fsp3) is 0.167. The van der Waals surface area contributed by atoms with Crippen LogP contribution in [-0.4, -0.2) is 34.4 Å². The Balaban J connectivity index is 0.000000326. The molecule has 130 valence electrons. The van der Waals surface area contributed by atoms with Crippen LogP contribution in [0.5, 0.6) is 0 Å². The van der Waals surface area contributed by atoms with Crippen LogP contribution in [-0.2, 0) is 9.59 Å². The molecule has 0 saturated carbocycles. The lowest BCUT2D eigenvalue weighted by Gasteiger charge is -2.14. The van der Waals surface area contributed by atoms with Crippen molar-refractivity contribution in [3.05, 3.63) is 54.1 Å². The first-order valence-corrected chi connectivity index (χ1v) is 7.53. The van der Waals surface area contributed by atoms with Gasteiger partial charge in [-0.05, 0) is 31.7 Å². The second-order valence-corrected chi connectivity index (χ2v) is 5.24. The number of rotatable bonds is 3. The fourth-order valence-corrected chi connectivity index (χ4v) is 2.33. The van der Waals surface area contributed by atoms with Gasteiger partial charge < -0.3 is 20.1 Å². The first-order chi connectivity index (χ1) is 12.0. The Morgan fingerprint density at radius 1 is 1.04 bits per heavy atom. The Labute approximate surface area is 143 Å². The van der Waals surface area contributed by atoms with Gasteiger partial charge in [0.1, 0.15) is 5.69 Å². The Morgan fingerprint density at radius 3 is 2.28 bits per heavy atom. The third-order valence-electron chi connectivity index (χ3n) is 3.68. The van der Waals surface area contributed by atoms with Crippen LogP contribution in [0.4, 0.5) is 0 Å². The molecule has 1 heterocycles. The van der Waals surface area contributed by atoms with Crippen LogP contribution < -0.4 is 5.32 Å². The topological polar surface area (TPSA) is 113 Å². The predicted octanol–water partition coefficient (Wildman–Crippen LogP) is 2.93. The molecule has 0 amide bonds. The summed E-state index contributed by atoms with van der Waals surface area (Å²) in [6, 6.07) is 16.5. The lowest BCUT2D eigenvalue weighted by atomic mass is 9.97. The molecule has 0 aliphatic carbocycles. The summed E-state index contributed by atoms with van der Waals surface area (Å²) < 4.78 is 5.40. The quantitative estimate of drug-likeness (QED) is 0.627. The predicted molar refractivity (Wildman–Crippen MR) is 92.2 cm³/mol. The number of aliphatic carboxylic acids is 2. The Bertz CT molecular complexity index is 876. The summed E-state index contributed by atoms with van der Waals surface area (Å²) in [4.78, 5) is 18.2. The molecular weight excluding hydrogens is 324 g/mol. The molecule has 3 rings (SSSR count). The van der Waals surface area contributed by atoms with E-state index in [4.69, 9.17) is 24.3 Å². The molecule has 0 aliphatic rings. The molecule has 3 N–H and O–H groups in total. The Morgan fingerprint density at radius 2 is 1.64 bits per heavy atom. The molecule has 0 aliphatic heterocycles. The zero-order chi connectivity index (χ0) is 18.4. The Hall–Kier alpha value is -3.19. The van der Waals surface area contributed by atoms with Crippen LogP contribution in [0.15, 0.2) is 53.1 Å². The van der Waals surface area contributed by atoms with Crippen LogP contribution in [0.2, 0.25) is 0 Å². The average molecular weight is 342 g/mol. The van der Waals surface area contributed by atoms with E-state index >= 15 is 0 Å². The largest absolute Gasteiger partial charge is 0.473 e. The molecule has 7 nitrogen and oxygen atoms in total. The third kappa shape index (κ3) is 4.21. The number of hydrogen-bond acceptors (Lipinski definition) is 5. The zero-order valence-corrected chi connectivity index (χ0v) is 13.8. The van der Waals surface area contributed by atoms with Gasteiger partial charge in [-0.25, -0.2) is 9.59 Å². The minimum Gasteiger partial charge on any atom is -0.473 e. The number of aromatic nitrogens is 1. The van der Waals surface area contributed by atoms with Crippen molar-refractivity contribution in [2.45, 2.75) is 13.0 Å². The van der Waals surface area contributed by atoms with Crippen LogP contribution in [0.25, 0.3) is 22.2 Å². The smallest absolute Gasteiger partial charge is 0.414 e. The van der Waals surface area contributed by atoms with Gasteiger partial charge in [0.05, 0.1) is 0 Å². The molecule has 1 atom stereocenters. The van der Waals surface area contributed by atoms with Crippen molar-refractivity contribution in [1.82, 2.24) is 10.5 Å². The van der Waals surface area contributed by atoms with E-state index in [1.165, 1.54) is 5.56 Å². The number of carboxylic acids is 2. The summed E-state index contributed by atoms with van der Waals surface area (Å²) in [5, 5.41) is 23.3. The molecule has 2 aromatic carbocycles. The fourth-order valence-electron chi connectivity index (χ4n) is 2.33. The van der Waals surface area contributed by atoms with Gasteiger partial charge in [0.2, 0.25) is 0 Å². The maximum Gasteiger partial charge on any atom is 0.414 e. The van der Waals surface area contributed by atoms with Gasteiger partial charge in [-0.2, -0.15) is 0 Å². The number of benzene rings is 2. The minimum absolute atomic E-state index is 0.270. The molecule has 1 aromatic heterocycles. The highest BCUT2D eigenvalue weighted by atomic mass is 16.5. The van der Waals surface area contributed by atoms with E-state index in [1.54, 1.807) is 0 Å². The van der Waals surface area contributed by atoms with E-state index in [2.05, 4.69) is 35.6 Å². The van der Waals surface area contributed by atoms with Gasteiger partial charge in [0, 0.05) is 17.0 Å². The summed E-state index contributed by atoms with van der Waals surface area (Å²) in [5.41, 5.74) is 4.08. The summed E-state index contributed by atoms with van der Waals surface area (Å²) in [6.07, 6.45) is 0. The van der Waals surface area contributed by atoms with E-state index in [-0.39, 0.29) is 6.04 Å². The molecule has 0 fully saturated rings. The van der Waals surface area contributed by atoms with Crippen LogP contribution >= 0.6 is 0 Å².